The Hall–Kier alpha value is -0.900. The van der Waals surface area contributed by atoms with E-state index >= 15 is 0 Å². The van der Waals surface area contributed by atoms with Crippen molar-refractivity contribution in [3.63, 3.8) is 0 Å². The highest BCUT2D eigenvalue weighted by atomic mass is 16.7. The summed E-state index contributed by atoms with van der Waals surface area (Å²) in [6, 6.07) is 11.1. The smallest absolute Gasteiger partial charge is 0.158 e. The molecule has 1 aromatic carbocycles. The number of likely N-dealkylation sites (tertiary alicyclic amines) is 1. The van der Waals surface area contributed by atoms with Crippen LogP contribution in [0.15, 0.2) is 30.3 Å². The van der Waals surface area contributed by atoms with Crippen LogP contribution in [-0.2, 0) is 16.0 Å². The van der Waals surface area contributed by atoms with Crippen LogP contribution in [0, 0.1) is 23.2 Å². The van der Waals surface area contributed by atoms with Gasteiger partial charge in [0.05, 0.1) is 19.7 Å². The van der Waals surface area contributed by atoms with E-state index in [0.29, 0.717) is 5.41 Å². The number of fused-ring (bicyclic) bond motifs is 2. The molecular weight excluding hydrogens is 358 g/mol. The number of nitrogens with zero attached hydrogens (tertiary/aromatic N) is 1. The van der Waals surface area contributed by atoms with Gasteiger partial charge in [-0.3, -0.25) is 0 Å². The molecule has 2 saturated heterocycles. The zero-order valence-electron chi connectivity index (χ0n) is 18.5. The number of quaternary nitrogens is 1. The van der Waals surface area contributed by atoms with Crippen molar-refractivity contribution < 1.29 is 14.0 Å². The molecule has 0 spiro atoms. The first-order chi connectivity index (χ1) is 14.0. The molecule has 4 fully saturated rings. The van der Waals surface area contributed by atoms with Crippen LogP contribution in [0.2, 0.25) is 0 Å². The fourth-order valence-electron chi connectivity index (χ4n) is 7.39. The Morgan fingerprint density at radius 3 is 2.55 bits per heavy atom. The summed E-state index contributed by atoms with van der Waals surface area (Å²) in [5, 5.41) is 0. The number of ether oxygens (including phenoxy) is 2. The molecule has 2 heterocycles. The van der Waals surface area contributed by atoms with Gasteiger partial charge in [0.1, 0.15) is 19.2 Å². The van der Waals surface area contributed by atoms with Gasteiger partial charge in [-0.05, 0) is 61.7 Å². The highest BCUT2D eigenvalue weighted by molar-refractivity contribution is 5.13. The van der Waals surface area contributed by atoms with E-state index in [4.69, 9.17) is 9.47 Å². The van der Waals surface area contributed by atoms with Crippen molar-refractivity contribution in [1.29, 1.82) is 0 Å². The number of rotatable bonds is 6. The third-order valence-electron chi connectivity index (χ3n) is 9.03. The van der Waals surface area contributed by atoms with Crippen LogP contribution in [0.3, 0.4) is 0 Å². The van der Waals surface area contributed by atoms with Crippen LogP contribution in [0.4, 0.5) is 0 Å². The molecule has 0 unspecified atom stereocenters. The van der Waals surface area contributed by atoms with Crippen LogP contribution in [0.25, 0.3) is 0 Å². The monoisotopic (exact) mass is 398 g/mol. The lowest BCUT2D eigenvalue weighted by Gasteiger charge is -2.43. The van der Waals surface area contributed by atoms with Crippen molar-refractivity contribution in [2.75, 3.05) is 26.2 Å². The lowest BCUT2D eigenvalue weighted by molar-refractivity contribution is -0.947. The van der Waals surface area contributed by atoms with Gasteiger partial charge in [-0.1, -0.05) is 44.2 Å². The predicted octanol–water partition coefficient (Wildman–Crippen LogP) is 5.39. The second-order valence-corrected chi connectivity index (χ2v) is 11.1. The first-order valence-corrected chi connectivity index (χ1v) is 12.2. The van der Waals surface area contributed by atoms with E-state index in [1.165, 1.54) is 61.7 Å². The Morgan fingerprint density at radius 2 is 1.83 bits per heavy atom. The molecule has 1 aromatic rings. The van der Waals surface area contributed by atoms with E-state index in [-0.39, 0.29) is 12.4 Å². The van der Waals surface area contributed by atoms with Crippen molar-refractivity contribution in [1.82, 2.24) is 0 Å². The lowest BCUT2D eigenvalue weighted by Crippen LogP contribution is -2.54. The number of piperidine rings is 1. The Morgan fingerprint density at radius 1 is 1.03 bits per heavy atom. The van der Waals surface area contributed by atoms with E-state index < -0.39 is 0 Å². The Kier molecular flexibility index (Phi) is 5.51. The molecule has 0 N–H and O–H groups in total. The van der Waals surface area contributed by atoms with Gasteiger partial charge in [0, 0.05) is 12.0 Å². The van der Waals surface area contributed by atoms with Crippen molar-refractivity contribution in [2.24, 2.45) is 23.2 Å². The Labute approximate surface area is 177 Å². The van der Waals surface area contributed by atoms with Gasteiger partial charge in [-0.15, -0.1) is 0 Å². The summed E-state index contributed by atoms with van der Waals surface area (Å²) in [6.07, 6.45) is 9.84. The molecule has 5 rings (SSSR count). The zero-order chi connectivity index (χ0) is 19.9. The summed E-state index contributed by atoms with van der Waals surface area (Å²) in [4.78, 5) is 0. The largest absolute Gasteiger partial charge is 0.350 e. The van der Waals surface area contributed by atoms with Crippen molar-refractivity contribution in [2.45, 2.75) is 77.7 Å². The second kappa shape index (κ2) is 7.98. The van der Waals surface area contributed by atoms with Crippen LogP contribution in [0.5, 0.6) is 0 Å². The van der Waals surface area contributed by atoms with E-state index in [9.17, 15) is 0 Å². The van der Waals surface area contributed by atoms with Crippen LogP contribution in [0.1, 0.15) is 64.4 Å². The van der Waals surface area contributed by atoms with Gasteiger partial charge < -0.3 is 14.0 Å². The van der Waals surface area contributed by atoms with Crippen molar-refractivity contribution in [3.05, 3.63) is 35.9 Å². The first-order valence-electron chi connectivity index (χ1n) is 12.2. The molecule has 0 amide bonds. The maximum Gasteiger partial charge on any atom is 0.158 e. The van der Waals surface area contributed by atoms with Gasteiger partial charge in [0.25, 0.3) is 0 Å². The van der Waals surface area contributed by atoms with Gasteiger partial charge in [-0.2, -0.15) is 0 Å². The number of hydrogen-bond donors (Lipinski definition) is 0. The predicted molar refractivity (Wildman–Crippen MR) is 116 cm³/mol. The standard InChI is InChI=1S/C26H40NO2/c1-26(2)22-12-11-21(15-22)24(26)16-25-28-19-23(29-25)18-27(13-7-4-8-14-27)17-20-9-5-3-6-10-20/h3,5-6,9-10,21-25H,4,7-8,11-19H2,1-2H3/q+1/t21-,22+,23-,24-,25+/m0/s1. The minimum Gasteiger partial charge on any atom is -0.350 e. The Bertz CT molecular complexity index is 681. The molecule has 3 heteroatoms. The van der Waals surface area contributed by atoms with E-state index in [0.717, 1.165) is 43.9 Å². The normalized spacial score (nSPS) is 37.8. The highest BCUT2D eigenvalue weighted by Crippen LogP contribution is 2.60. The molecule has 0 radical (unpaired) electrons. The summed E-state index contributed by atoms with van der Waals surface area (Å²) in [5.74, 6) is 2.63. The van der Waals surface area contributed by atoms with E-state index in [2.05, 4.69) is 44.2 Å². The van der Waals surface area contributed by atoms with Gasteiger partial charge >= 0.3 is 0 Å². The maximum atomic E-state index is 6.55. The fourth-order valence-corrected chi connectivity index (χ4v) is 7.39. The molecule has 2 aliphatic heterocycles. The number of benzene rings is 1. The molecule has 160 valence electrons. The van der Waals surface area contributed by atoms with Gasteiger partial charge in [-0.25, -0.2) is 0 Å². The summed E-state index contributed by atoms with van der Waals surface area (Å²) >= 11 is 0. The molecule has 4 aliphatic rings. The zero-order valence-corrected chi connectivity index (χ0v) is 18.5. The first kappa shape index (κ1) is 20.0. The third-order valence-corrected chi connectivity index (χ3v) is 9.03. The number of hydrogen-bond acceptors (Lipinski definition) is 2. The molecule has 2 bridgehead atoms. The van der Waals surface area contributed by atoms with Gasteiger partial charge in [0.2, 0.25) is 0 Å². The second-order valence-electron chi connectivity index (χ2n) is 11.1. The van der Waals surface area contributed by atoms with E-state index in [1.54, 1.807) is 0 Å². The SMILES string of the molecule is CC1(C)[C@@H]2CC[C@@H](C2)[C@@H]1C[C@@H]1OC[C@H](C[N+]2(Cc3ccccc3)CCCCC2)O1. The summed E-state index contributed by atoms with van der Waals surface area (Å²) < 4.78 is 14.0. The molecule has 2 aliphatic carbocycles. The minimum atomic E-state index is 0.0326. The fraction of sp³-hybridized carbons (Fsp3) is 0.769. The lowest BCUT2D eigenvalue weighted by atomic mass is 9.67. The average Bonchev–Trinajstić information content (AvgIpc) is 3.41. The summed E-state index contributed by atoms with van der Waals surface area (Å²) in [5.41, 5.74) is 1.94. The van der Waals surface area contributed by atoms with Crippen molar-refractivity contribution >= 4 is 0 Å². The average molecular weight is 399 g/mol. The van der Waals surface area contributed by atoms with Gasteiger partial charge in [0.15, 0.2) is 6.29 Å². The molecule has 2 saturated carbocycles. The molecule has 29 heavy (non-hydrogen) atoms. The Balaban J connectivity index is 1.21. The molecule has 3 nitrogen and oxygen atoms in total. The molecule has 0 aromatic heterocycles. The third kappa shape index (κ3) is 4.03. The summed E-state index contributed by atoms with van der Waals surface area (Å²) in [6.45, 7) is 10.6. The van der Waals surface area contributed by atoms with Crippen LogP contribution >= 0.6 is 0 Å². The molecule has 5 atom stereocenters. The topological polar surface area (TPSA) is 18.5 Å². The maximum absolute atomic E-state index is 6.55. The summed E-state index contributed by atoms with van der Waals surface area (Å²) in [7, 11) is 0. The van der Waals surface area contributed by atoms with Crippen LogP contribution < -0.4 is 0 Å². The highest BCUT2D eigenvalue weighted by Gasteiger charge is 2.53. The minimum absolute atomic E-state index is 0.0326. The van der Waals surface area contributed by atoms with Crippen molar-refractivity contribution in [3.8, 4) is 0 Å². The van der Waals surface area contributed by atoms with E-state index in [1.807, 2.05) is 0 Å². The van der Waals surface area contributed by atoms with Crippen LogP contribution in [-0.4, -0.2) is 43.1 Å². The quantitative estimate of drug-likeness (QED) is 0.598. The molecular formula is C26H40NO2+.